The summed E-state index contributed by atoms with van der Waals surface area (Å²) in [5.41, 5.74) is 8.76. The van der Waals surface area contributed by atoms with E-state index in [4.69, 9.17) is 10.5 Å². The van der Waals surface area contributed by atoms with Crippen LogP contribution in [0.3, 0.4) is 0 Å². The summed E-state index contributed by atoms with van der Waals surface area (Å²) in [6.07, 6.45) is 2.30. The molecule has 1 aromatic carbocycles. The van der Waals surface area contributed by atoms with Gasteiger partial charge in [-0.1, -0.05) is 12.1 Å². The number of hydrogen-bond acceptors (Lipinski definition) is 3. The molecule has 0 saturated carbocycles. The maximum atomic E-state index is 6.34. The fraction of sp³-hybridized carbons (Fsp3) is 0.571. The molecule has 1 saturated heterocycles. The Morgan fingerprint density at radius 2 is 2.24 bits per heavy atom. The van der Waals surface area contributed by atoms with Crippen molar-refractivity contribution in [1.82, 2.24) is 0 Å². The molecule has 1 heterocycles. The molecule has 2 unspecified atom stereocenters. The van der Waals surface area contributed by atoms with Gasteiger partial charge >= 0.3 is 0 Å². The minimum absolute atomic E-state index is 0.0928. The topological polar surface area (TPSA) is 38.5 Å². The molecule has 1 aliphatic heterocycles. The molecule has 2 N–H and O–H groups in total. The number of anilines is 1. The summed E-state index contributed by atoms with van der Waals surface area (Å²) in [4.78, 5) is 2.10. The highest BCUT2D eigenvalue weighted by molar-refractivity contribution is 5.47. The van der Waals surface area contributed by atoms with Crippen molar-refractivity contribution in [3.8, 4) is 0 Å². The quantitative estimate of drug-likeness (QED) is 0.871. The molecular formula is C14H22N2O. The number of rotatable bonds is 3. The van der Waals surface area contributed by atoms with E-state index in [0.717, 1.165) is 19.6 Å². The zero-order valence-electron chi connectivity index (χ0n) is 10.7. The van der Waals surface area contributed by atoms with E-state index >= 15 is 0 Å². The van der Waals surface area contributed by atoms with Crippen molar-refractivity contribution < 1.29 is 4.74 Å². The van der Waals surface area contributed by atoms with E-state index in [1.54, 1.807) is 0 Å². The fourth-order valence-electron chi connectivity index (χ4n) is 2.33. The van der Waals surface area contributed by atoms with Crippen LogP contribution in [0.4, 0.5) is 5.69 Å². The first-order valence-corrected chi connectivity index (χ1v) is 6.29. The van der Waals surface area contributed by atoms with Gasteiger partial charge in [0.2, 0.25) is 0 Å². The standard InChI is InChI=1S/C14H22N2O/c1-16(2)13-7-3-5-11(9-13)14(15)12-6-4-8-17-10-12/h3,5,7,9,12,14H,4,6,8,10,15H2,1-2H3. The molecule has 2 atom stereocenters. The predicted octanol–water partition coefficient (Wildman–Crippen LogP) is 2.18. The zero-order valence-corrected chi connectivity index (χ0v) is 10.7. The number of nitrogens with two attached hydrogens (primary N) is 1. The van der Waals surface area contributed by atoms with Crippen LogP contribution in [0.1, 0.15) is 24.4 Å². The fourth-order valence-corrected chi connectivity index (χ4v) is 2.33. The van der Waals surface area contributed by atoms with Crippen LogP contribution in [0.5, 0.6) is 0 Å². The van der Waals surface area contributed by atoms with Crippen LogP contribution in [0, 0.1) is 5.92 Å². The maximum absolute atomic E-state index is 6.34. The second-order valence-electron chi connectivity index (χ2n) is 4.99. The Morgan fingerprint density at radius 1 is 1.41 bits per heavy atom. The van der Waals surface area contributed by atoms with Crippen LogP contribution in [0.15, 0.2) is 24.3 Å². The molecule has 3 heteroatoms. The van der Waals surface area contributed by atoms with E-state index < -0.39 is 0 Å². The highest BCUT2D eigenvalue weighted by Crippen LogP contribution is 2.28. The minimum Gasteiger partial charge on any atom is -0.381 e. The van der Waals surface area contributed by atoms with E-state index in [-0.39, 0.29) is 6.04 Å². The van der Waals surface area contributed by atoms with Crippen LogP contribution in [-0.4, -0.2) is 27.3 Å². The maximum Gasteiger partial charge on any atom is 0.0512 e. The van der Waals surface area contributed by atoms with Crippen LogP contribution in [-0.2, 0) is 4.74 Å². The molecule has 17 heavy (non-hydrogen) atoms. The summed E-state index contributed by atoms with van der Waals surface area (Å²) >= 11 is 0. The molecule has 0 aliphatic carbocycles. The molecule has 3 nitrogen and oxygen atoms in total. The summed E-state index contributed by atoms with van der Waals surface area (Å²) in [6, 6.07) is 8.57. The summed E-state index contributed by atoms with van der Waals surface area (Å²) in [5, 5.41) is 0. The summed E-state index contributed by atoms with van der Waals surface area (Å²) in [7, 11) is 4.10. The van der Waals surface area contributed by atoms with Crippen molar-refractivity contribution in [1.29, 1.82) is 0 Å². The SMILES string of the molecule is CN(C)c1cccc(C(N)C2CCCOC2)c1. The lowest BCUT2D eigenvalue weighted by molar-refractivity contribution is 0.0448. The van der Waals surface area contributed by atoms with E-state index in [1.807, 2.05) is 14.1 Å². The van der Waals surface area contributed by atoms with Gasteiger partial charge in [0.1, 0.15) is 0 Å². The first kappa shape index (κ1) is 12.4. The van der Waals surface area contributed by atoms with Gasteiger partial charge < -0.3 is 15.4 Å². The molecule has 1 aliphatic rings. The Labute approximate surface area is 104 Å². The van der Waals surface area contributed by atoms with E-state index in [9.17, 15) is 0 Å². The molecule has 0 amide bonds. The lowest BCUT2D eigenvalue weighted by Crippen LogP contribution is -2.29. The third-order valence-corrected chi connectivity index (χ3v) is 3.47. The molecule has 1 aromatic rings. The second-order valence-corrected chi connectivity index (χ2v) is 4.99. The summed E-state index contributed by atoms with van der Waals surface area (Å²) in [6.45, 7) is 1.69. The van der Waals surface area contributed by atoms with Gasteiger partial charge in [0, 0.05) is 38.3 Å². The monoisotopic (exact) mass is 234 g/mol. The summed E-state index contributed by atoms with van der Waals surface area (Å²) in [5.74, 6) is 0.459. The molecule has 0 spiro atoms. The van der Waals surface area contributed by atoms with Crippen LogP contribution in [0.25, 0.3) is 0 Å². The molecule has 2 rings (SSSR count). The molecular weight excluding hydrogens is 212 g/mol. The highest BCUT2D eigenvalue weighted by Gasteiger charge is 2.22. The first-order valence-electron chi connectivity index (χ1n) is 6.29. The lowest BCUT2D eigenvalue weighted by atomic mass is 9.89. The largest absolute Gasteiger partial charge is 0.381 e. The van der Waals surface area contributed by atoms with Gasteiger partial charge in [0.15, 0.2) is 0 Å². The predicted molar refractivity (Wildman–Crippen MR) is 71.2 cm³/mol. The van der Waals surface area contributed by atoms with E-state index in [1.165, 1.54) is 17.7 Å². The number of benzene rings is 1. The Morgan fingerprint density at radius 3 is 2.88 bits per heavy atom. The van der Waals surface area contributed by atoms with Crippen LogP contribution >= 0.6 is 0 Å². The van der Waals surface area contributed by atoms with Crippen molar-refractivity contribution in [2.75, 3.05) is 32.2 Å². The van der Waals surface area contributed by atoms with Crippen molar-refractivity contribution in [2.45, 2.75) is 18.9 Å². The Hall–Kier alpha value is -1.06. The smallest absolute Gasteiger partial charge is 0.0512 e. The second kappa shape index (κ2) is 5.52. The third-order valence-electron chi connectivity index (χ3n) is 3.47. The van der Waals surface area contributed by atoms with Gasteiger partial charge in [-0.3, -0.25) is 0 Å². The summed E-state index contributed by atoms with van der Waals surface area (Å²) < 4.78 is 5.51. The zero-order chi connectivity index (χ0) is 12.3. The van der Waals surface area contributed by atoms with Gasteiger partial charge in [0.25, 0.3) is 0 Å². The van der Waals surface area contributed by atoms with E-state index in [0.29, 0.717) is 5.92 Å². The number of ether oxygens (including phenoxy) is 1. The molecule has 0 aromatic heterocycles. The minimum atomic E-state index is 0.0928. The van der Waals surface area contributed by atoms with Crippen molar-refractivity contribution in [2.24, 2.45) is 11.7 Å². The van der Waals surface area contributed by atoms with Crippen LogP contribution < -0.4 is 10.6 Å². The number of hydrogen-bond donors (Lipinski definition) is 1. The highest BCUT2D eigenvalue weighted by atomic mass is 16.5. The first-order chi connectivity index (χ1) is 8.18. The molecule has 1 fully saturated rings. The van der Waals surface area contributed by atoms with Gasteiger partial charge in [-0.25, -0.2) is 0 Å². The average Bonchev–Trinajstić information content (AvgIpc) is 2.39. The van der Waals surface area contributed by atoms with Gasteiger partial charge in [-0.15, -0.1) is 0 Å². The van der Waals surface area contributed by atoms with Crippen LogP contribution in [0.2, 0.25) is 0 Å². The molecule has 0 bridgehead atoms. The Balaban J connectivity index is 2.12. The van der Waals surface area contributed by atoms with Gasteiger partial charge in [-0.2, -0.15) is 0 Å². The van der Waals surface area contributed by atoms with Gasteiger partial charge in [0.05, 0.1) is 6.61 Å². The average molecular weight is 234 g/mol. The Bertz CT molecular complexity index is 359. The molecule has 0 radical (unpaired) electrons. The third kappa shape index (κ3) is 2.99. The Kier molecular flexibility index (Phi) is 4.02. The van der Waals surface area contributed by atoms with Crippen molar-refractivity contribution in [3.63, 3.8) is 0 Å². The lowest BCUT2D eigenvalue weighted by Gasteiger charge is -2.28. The van der Waals surface area contributed by atoms with E-state index in [2.05, 4.69) is 29.2 Å². The van der Waals surface area contributed by atoms with Crippen molar-refractivity contribution >= 4 is 5.69 Å². The molecule has 94 valence electrons. The normalized spacial score (nSPS) is 22.2. The van der Waals surface area contributed by atoms with Crippen molar-refractivity contribution in [3.05, 3.63) is 29.8 Å². The number of nitrogens with zero attached hydrogens (tertiary/aromatic N) is 1. The van der Waals surface area contributed by atoms with Gasteiger partial charge in [-0.05, 0) is 30.5 Å².